The Bertz CT molecular complexity index is 115. The Kier molecular flexibility index (Phi) is 13.9. The van der Waals surface area contributed by atoms with Crippen LogP contribution in [0.25, 0.3) is 0 Å². The molecular weight excluding hydrogens is 144 g/mol. The third-order valence-corrected chi connectivity index (χ3v) is 1.09. The van der Waals surface area contributed by atoms with Crippen LogP contribution in [0.1, 0.15) is 33.4 Å². The molecule has 10 heavy (non-hydrogen) atoms. The number of rotatable bonds is 0. The number of hydrogen-bond donors (Lipinski definition) is 0. The van der Waals surface area contributed by atoms with Crippen LogP contribution in [-0.2, 0) is 0 Å². The molecule has 1 aromatic rings. The van der Waals surface area contributed by atoms with E-state index < -0.39 is 0 Å². The van der Waals surface area contributed by atoms with Crippen molar-refractivity contribution in [3.63, 3.8) is 0 Å². The molecular formula is C7H16N2S. The Morgan fingerprint density at radius 3 is 1.80 bits per heavy atom. The quantitative estimate of drug-likeness (QED) is 0.583. The first kappa shape index (κ1) is 12.3. The second kappa shape index (κ2) is 11.4. The van der Waals surface area contributed by atoms with Crippen LogP contribution in [0, 0.1) is 6.92 Å². The second-order valence-electron chi connectivity index (χ2n) is 1.05. The minimum atomic E-state index is 1.00. The van der Waals surface area contributed by atoms with E-state index in [1.807, 2.05) is 40.0 Å². The molecule has 0 aliphatic rings. The highest BCUT2D eigenvalue weighted by molar-refractivity contribution is 7.03. The van der Waals surface area contributed by atoms with Crippen LogP contribution in [0.3, 0.4) is 0 Å². The molecule has 0 N–H and O–H groups in total. The van der Waals surface area contributed by atoms with E-state index in [9.17, 15) is 0 Å². The average molecular weight is 160 g/mol. The molecule has 0 amide bonds. The molecule has 0 aromatic carbocycles. The van der Waals surface area contributed by atoms with Crippen molar-refractivity contribution >= 4 is 11.5 Å². The summed E-state index contributed by atoms with van der Waals surface area (Å²) < 4.78 is 3.61. The molecule has 0 fully saturated rings. The smallest absolute Gasteiger partial charge is 0.0724 e. The van der Waals surface area contributed by atoms with Crippen molar-refractivity contribution in [3.05, 3.63) is 11.1 Å². The maximum atomic E-state index is 3.69. The summed E-state index contributed by atoms with van der Waals surface area (Å²) in [6.45, 7) is 9.92. The van der Waals surface area contributed by atoms with Gasteiger partial charge in [-0.15, -0.1) is 5.10 Å². The highest BCUT2D eigenvalue weighted by atomic mass is 32.1. The predicted octanol–water partition coefficient (Wildman–Crippen LogP) is 2.90. The summed E-state index contributed by atoms with van der Waals surface area (Å²) in [5, 5.41) is 5.59. The first-order valence-electron chi connectivity index (χ1n) is 3.63. The van der Waals surface area contributed by atoms with E-state index in [0.29, 0.717) is 0 Å². The van der Waals surface area contributed by atoms with E-state index in [4.69, 9.17) is 0 Å². The summed E-state index contributed by atoms with van der Waals surface area (Å²) in [5.74, 6) is 0. The average Bonchev–Trinajstić information content (AvgIpc) is 2.48. The molecule has 0 saturated carbocycles. The molecule has 60 valence electrons. The fourth-order valence-corrected chi connectivity index (χ4v) is 0.634. The van der Waals surface area contributed by atoms with Gasteiger partial charge in [-0.3, -0.25) is 0 Å². The third-order valence-electron chi connectivity index (χ3n) is 0.469. The first-order valence-corrected chi connectivity index (χ1v) is 4.47. The van der Waals surface area contributed by atoms with Gasteiger partial charge in [-0.05, 0) is 18.5 Å². The van der Waals surface area contributed by atoms with Gasteiger partial charge in [0, 0.05) is 5.38 Å². The standard InChI is InChI=1S/C3H4N2S.2C2H6/c1-3-2-6-5-4-3;2*1-2/h2H,1H3;2*1-2H3. The summed E-state index contributed by atoms with van der Waals surface area (Å²) in [4.78, 5) is 0. The van der Waals surface area contributed by atoms with E-state index in [1.165, 1.54) is 11.5 Å². The zero-order valence-corrected chi connectivity index (χ0v) is 8.20. The topological polar surface area (TPSA) is 25.8 Å². The lowest BCUT2D eigenvalue weighted by Crippen LogP contribution is -1.64. The highest BCUT2D eigenvalue weighted by Gasteiger charge is 1.78. The van der Waals surface area contributed by atoms with Crippen molar-refractivity contribution in [1.29, 1.82) is 0 Å². The molecule has 0 unspecified atom stereocenters. The van der Waals surface area contributed by atoms with E-state index >= 15 is 0 Å². The van der Waals surface area contributed by atoms with Crippen molar-refractivity contribution < 1.29 is 0 Å². The van der Waals surface area contributed by atoms with Crippen LogP contribution < -0.4 is 0 Å². The van der Waals surface area contributed by atoms with Crippen LogP contribution in [0.2, 0.25) is 0 Å². The van der Waals surface area contributed by atoms with Gasteiger partial charge < -0.3 is 0 Å². The zero-order chi connectivity index (χ0) is 8.41. The SMILES string of the molecule is CC.CC.Cc1csnn1. The number of aryl methyl sites for hydroxylation is 1. The molecule has 3 heteroatoms. The van der Waals surface area contributed by atoms with Crippen molar-refractivity contribution in [2.75, 3.05) is 0 Å². The fraction of sp³-hybridized carbons (Fsp3) is 0.714. The van der Waals surface area contributed by atoms with Crippen LogP contribution in [-0.4, -0.2) is 9.59 Å². The molecule has 0 aliphatic carbocycles. The van der Waals surface area contributed by atoms with E-state index in [2.05, 4.69) is 9.59 Å². The molecule has 2 nitrogen and oxygen atoms in total. The number of aromatic nitrogens is 2. The zero-order valence-electron chi connectivity index (χ0n) is 7.38. The van der Waals surface area contributed by atoms with E-state index in [-0.39, 0.29) is 0 Å². The number of hydrogen-bond acceptors (Lipinski definition) is 3. The maximum absolute atomic E-state index is 3.69. The Labute approximate surface area is 67.5 Å². The molecule has 1 aromatic heterocycles. The van der Waals surface area contributed by atoms with E-state index in [0.717, 1.165) is 5.69 Å². The van der Waals surface area contributed by atoms with Crippen molar-refractivity contribution in [3.8, 4) is 0 Å². The van der Waals surface area contributed by atoms with E-state index in [1.54, 1.807) is 0 Å². The van der Waals surface area contributed by atoms with Gasteiger partial charge in [-0.25, -0.2) is 0 Å². The Morgan fingerprint density at radius 2 is 1.70 bits per heavy atom. The van der Waals surface area contributed by atoms with Crippen LogP contribution in [0.5, 0.6) is 0 Å². The van der Waals surface area contributed by atoms with Crippen molar-refractivity contribution in [2.45, 2.75) is 34.6 Å². The van der Waals surface area contributed by atoms with Gasteiger partial charge in [0.1, 0.15) is 0 Å². The summed E-state index contributed by atoms with van der Waals surface area (Å²) >= 11 is 1.38. The largest absolute Gasteiger partial charge is 0.143 e. The second-order valence-corrected chi connectivity index (χ2v) is 1.66. The Balaban J connectivity index is 0. The predicted molar refractivity (Wildman–Crippen MR) is 47.3 cm³/mol. The van der Waals surface area contributed by atoms with Crippen LogP contribution in [0.15, 0.2) is 5.38 Å². The van der Waals surface area contributed by atoms with Crippen LogP contribution in [0.4, 0.5) is 0 Å². The first-order chi connectivity index (χ1) is 4.89. The van der Waals surface area contributed by atoms with Gasteiger partial charge in [0.2, 0.25) is 0 Å². The van der Waals surface area contributed by atoms with Gasteiger partial charge in [0.15, 0.2) is 0 Å². The Hall–Kier alpha value is -0.440. The van der Waals surface area contributed by atoms with Crippen molar-refractivity contribution in [2.24, 2.45) is 0 Å². The number of nitrogens with zero attached hydrogens (tertiary/aromatic N) is 2. The molecule has 0 bridgehead atoms. The summed E-state index contributed by atoms with van der Waals surface area (Å²) in [6.07, 6.45) is 0. The minimum Gasteiger partial charge on any atom is -0.143 e. The van der Waals surface area contributed by atoms with Gasteiger partial charge in [0.05, 0.1) is 5.69 Å². The van der Waals surface area contributed by atoms with Gasteiger partial charge >= 0.3 is 0 Å². The molecule has 0 atom stereocenters. The summed E-state index contributed by atoms with van der Waals surface area (Å²) in [6, 6.07) is 0. The van der Waals surface area contributed by atoms with Crippen molar-refractivity contribution in [1.82, 2.24) is 9.59 Å². The van der Waals surface area contributed by atoms with Gasteiger partial charge in [-0.2, -0.15) is 0 Å². The lowest BCUT2D eigenvalue weighted by Gasteiger charge is -1.61. The monoisotopic (exact) mass is 160 g/mol. The van der Waals surface area contributed by atoms with Gasteiger partial charge in [-0.1, -0.05) is 32.2 Å². The van der Waals surface area contributed by atoms with Crippen LogP contribution >= 0.6 is 11.5 Å². The molecule has 0 aliphatic heterocycles. The third kappa shape index (κ3) is 7.56. The molecule has 0 saturated heterocycles. The molecule has 0 spiro atoms. The summed E-state index contributed by atoms with van der Waals surface area (Å²) in [5.41, 5.74) is 1.00. The molecule has 1 heterocycles. The molecule has 0 radical (unpaired) electrons. The Morgan fingerprint density at radius 1 is 1.20 bits per heavy atom. The van der Waals surface area contributed by atoms with Gasteiger partial charge in [0.25, 0.3) is 0 Å². The lowest BCUT2D eigenvalue weighted by molar-refractivity contribution is 1.09. The summed E-state index contributed by atoms with van der Waals surface area (Å²) in [7, 11) is 0. The maximum Gasteiger partial charge on any atom is 0.0724 e. The fourth-order valence-electron chi connectivity index (χ4n) is 0.211. The minimum absolute atomic E-state index is 1.00. The normalized spacial score (nSPS) is 6.50. The highest BCUT2D eigenvalue weighted by Crippen LogP contribution is 1.90. The molecule has 1 rings (SSSR count). The lowest BCUT2D eigenvalue weighted by atomic mass is 10.6.